The van der Waals surface area contributed by atoms with Gasteiger partial charge in [0.25, 0.3) is 0 Å². The number of benzene rings is 2. The molecule has 0 atom stereocenters. The molecule has 27 heavy (non-hydrogen) atoms. The molecule has 2 N–H and O–H groups in total. The third-order valence-electron chi connectivity index (χ3n) is 3.95. The maximum absolute atomic E-state index is 11.7. The molecule has 0 aliphatic heterocycles. The molecular formula is C20H23N5OS. The topological polar surface area (TPSA) is 71.8 Å². The van der Waals surface area contributed by atoms with Gasteiger partial charge in [0.05, 0.1) is 6.54 Å². The molecule has 0 radical (unpaired) electrons. The van der Waals surface area contributed by atoms with Crippen LogP contribution in [0.2, 0.25) is 0 Å². The first-order valence-corrected chi connectivity index (χ1v) is 9.85. The van der Waals surface area contributed by atoms with E-state index in [9.17, 15) is 4.79 Å². The molecule has 2 aromatic carbocycles. The lowest BCUT2D eigenvalue weighted by Crippen LogP contribution is -2.35. The average Bonchev–Trinajstić information content (AvgIpc) is 3.09. The predicted octanol–water partition coefficient (Wildman–Crippen LogP) is 3.69. The maximum atomic E-state index is 11.7. The smallest absolute Gasteiger partial charge is 0.315 e. The number of nitrogens with zero attached hydrogens (tertiary/aromatic N) is 3. The van der Waals surface area contributed by atoms with Gasteiger partial charge in [0.15, 0.2) is 11.0 Å². The van der Waals surface area contributed by atoms with E-state index in [1.165, 1.54) is 11.1 Å². The zero-order valence-corrected chi connectivity index (χ0v) is 16.3. The van der Waals surface area contributed by atoms with Crippen molar-refractivity contribution in [2.75, 3.05) is 6.54 Å². The fourth-order valence-electron chi connectivity index (χ4n) is 2.57. The second kappa shape index (κ2) is 9.23. The van der Waals surface area contributed by atoms with Crippen molar-refractivity contribution < 1.29 is 4.79 Å². The number of carbonyl (C=O) groups is 1. The number of thioether (sulfide) groups is 1. The highest BCUT2D eigenvalue weighted by Gasteiger charge is 2.15. The van der Waals surface area contributed by atoms with E-state index in [1.54, 1.807) is 11.8 Å². The highest BCUT2D eigenvalue weighted by Crippen LogP contribution is 2.25. The summed E-state index contributed by atoms with van der Waals surface area (Å²) in [6.45, 7) is 4.82. The van der Waals surface area contributed by atoms with Crippen LogP contribution in [-0.4, -0.2) is 27.3 Å². The Morgan fingerprint density at radius 1 is 1.04 bits per heavy atom. The normalized spacial score (nSPS) is 10.6. The van der Waals surface area contributed by atoms with Crippen molar-refractivity contribution in [1.29, 1.82) is 0 Å². The fourth-order valence-corrected chi connectivity index (χ4v) is 3.49. The van der Waals surface area contributed by atoms with Crippen LogP contribution >= 0.6 is 11.8 Å². The van der Waals surface area contributed by atoms with Gasteiger partial charge in [-0.1, -0.05) is 59.8 Å². The lowest BCUT2D eigenvalue weighted by molar-refractivity contribution is 0.240. The number of nitrogens with one attached hydrogen (secondary N) is 2. The van der Waals surface area contributed by atoms with Gasteiger partial charge in [-0.3, -0.25) is 4.57 Å². The minimum absolute atomic E-state index is 0.213. The molecule has 3 rings (SSSR count). The van der Waals surface area contributed by atoms with Crippen LogP contribution < -0.4 is 10.6 Å². The summed E-state index contributed by atoms with van der Waals surface area (Å²) in [5.74, 6) is 1.50. The second-order valence-corrected chi connectivity index (χ2v) is 7.00. The van der Waals surface area contributed by atoms with Crippen LogP contribution in [-0.2, 0) is 12.3 Å². The molecule has 0 spiro atoms. The summed E-state index contributed by atoms with van der Waals surface area (Å²) in [6.07, 6.45) is 0. The Kier molecular flexibility index (Phi) is 6.49. The lowest BCUT2D eigenvalue weighted by atomic mass is 10.2. The molecule has 0 unspecified atom stereocenters. The van der Waals surface area contributed by atoms with Gasteiger partial charge in [-0.15, -0.1) is 10.2 Å². The molecule has 1 heterocycles. The number of aryl methyl sites for hydroxylation is 1. The summed E-state index contributed by atoms with van der Waals surface area (Å²) in [7, 11) is 0. The Balaban J connectivity index is 1.83. The fraction of sp³-hybridized carbons (Fsp3) is 0.250. The first-order chi connectivity index (χ1) is 13.2. The molecule has 0 fully saturated rings. The maximum Gasteiger partial charge on any atom is 0.315 e. The van der Waals surface area contributed by atoms with Gasteiger partial charge in [-0.05, 0) is 31.5 Å². The zero-order chi connectivity index (χ0) is 19.1. The molecule has 0 saturated carbocycles. The number of hydrogen-bond donors (Lipinski definition) is 2. The van der Waals surface area contributed by atoms with E-state index in [1.807, 2.05) is 41.8 Å². The summed E-state index contributed by atoms with van der Waals surface area (Å²) in [6, 6.07) is 18.2. The monoisotopic (exact) mass is 381 g/mol. The van der Waals surface area contributed by atoms with E-state index in [0.717, 1.165) is 16.6 Å². The Morgan fingerprint density at radius 3 is 2.48 bits per heavy atom. The molecule has 3 aromatic rings. The van der Waals surface area contributed by atoms with E-state index in [0.29, 0.717) is 18.9 Å². The molecular weight excluding hydrogens is 358 g/mol. The van der Waals surface area contributed by atoms with Crippen molar-refractivity contribution in [3.63, 3.8) is 0 Å². The van der Waals surface area contributed by atoms with Gasteiger partial charge >= 0.3 is 6.03 Å². The largest absolute Gasteiger partial charge is 0.338 e. The highest BCUT2D eigenvalue weighted by molar-refractivity contribution is 7.98. The lowest BCUT2D eigenvalue weighted by Gasteiger charge is -2.11. The van der Waals surface area contributed by atoms with Crippen LogP contribution in [0.25, 0.3) is 5.69 Å². The van der Waals surface area contributed by atoms with Crippen molar-refractivity contribution in [1.82, 2.24) is 25.4 Å². The van der Waals surface area contributed by atoms with Gasteiger partial charge in [0.1, 0.15) is 0 Å². The van der Waals surface area contributed by atoms with Crippen molar-refractivity contribution in [2.24, 2.45) is 0 Å². The molecule has 0 aliphatic rings. The van der Waals surface area contributed by atoms with Crippen LogP contribution in [0.15, 0.2) is 59.8 Å². The molecule has 6 nitrogen and oxygen atoms in total. The molecule has 2 amide bonds. The van der Waals surface area contributed by atoms with Crippen molar-refractivity contribution in [3.8, 4) is 5.69 Å². The second-order valence-electron chi connectivity index (χ2n) is 6.06. The quantitative estimate of drug-likeness (QED) is 0.612. The van der Waals surface area contributed by atoms with Crippen LogP contribution in [0.1, 0.15) is 23.9 Å². The number of carbonyl (C=O) groups excluding carboxylic acids is 1. The summed E-state index contributed by atoms with van der Waals surface area (Å²) in [4.78, 5) is 11.7. The van der Waals surface area contributed by atoms with E-state index in [-0.39, 0.29) is 6.03 Å². The van der Waals surface area contributed by atoms with Gasteiger partial charge in [-0.2, -0.15) is 0 Å². The Bertz CT molecular complexity index is 877. The summed E-state index contributed by atoms with van der Waals surface area (Å²) < 4.78 is 2.00. The minimum atomic E-state index is -0.213. The van der Waals surface area contributed by atoms with Gasteiger partial charge < -0.3 is 10.6 Å². The standard InChI is InChI=1S/C20H23N5OS/c1-3-21-19(26)22-13-18-23-24-20(27-14-16-7-5-4-6-8-16)25(18)17-11-9-15(2)10-12-17/h4-12H,3,13-14H2,1-2H3,(H2,21,22,26). The Labute approximate surface area is 163 Å². The van der Waals surface area contributed by atoms with E-state index >= 15 is 0 Å². The van der Waals surface area contributed by atoms with E-state index < -0.39 is 0 Å². The van der Waals surface area contributed by atoms with Crippen LogP contribution in [0.3, 0.4) is 0 Å². The molecule has 1 aromatic heterocycles. The van der Waals surface area contributed by atoms with Crippen LogP contribution in [0, 0.1) is 6.92 Å². The molecule has 7 heteroatoms. The summed E-state index contributed by atoms with van der Waals surface area (Å²) >= 11 is 1.63. The minimum Gasteiger partial charge on any atom is -0.338 e. The molecule has 140 valence electrons. The van der Waals surface area contributed by atoms with Crippen molar-refractivity contribution in [3.05, 3.63) is 71.5 Å². The number of amides is 2. The van der Waals surface area contributed by atoms with Crippen LogP contribution in [0.5, 0.6) is 0 Å². The van der Waals surface area contributed by atoms with Gasteiger partial charge in [-0.25, -0.2) is 4.79 Å². The summed E-state index contributed by atoms with van der Waals surface area (Å²) in [5, 5.41) is 15.0. The van der Waals surface area contributed by atoms with Gasteiger partial charge in [0.2, 0.25) is 0 Å². The van der Waals surface area contributed by atoms with E-state index in [2.05, 4.69) is 52.0 Å². The highest BCUT2D eigenvalue weighted by atomic mass is 32.2. The molecule has 0 aliphatic carbocycles. The van der Waals surface area contributed by atoms with Crippen LogP contribution in [0.4, 0.5) is 4.79 Å². The third-order valence-corrected chi connectivity index (χ3v) is 4.95. The van der Waals surface area contributed by atoms with Crippen molar-refractivity contribution >= 4 is 17.8 Å². The van der Waals surface area contributed by atoms with Crippen molar-refractivity contribution in [2.45, 2.75) is 31.3 Å². The third kappa shape index (κ3) is 5.10. The number of hydrogen-bond acceptors (Lipinski definition) is 4. The number of urea groups is 1. The number of rotatable bonds is 7. The van der Waals surface area contributed by atoms with Gasteiger partial charge in [0, 0.05) is 18.0 Å². The Morgan fingerprint density at radius 2 is 1.78 bits per heavy atom. The SMILES string of the molecule is CCNC(=O)NCc1nnc(SCc2ccccc2)n1-c1ccc(C)cc1. The van der Waals surface area contributed by atoms with E-state index in [4.69, 9.17) is 0 Å². The predicted molar refractivity (Wildman–Crippen MR) is 108 cm³/mol. The Hall–Kier alpha value is -2.80. The molecule has 0 bridgehead atoms. The average molecular weight is 382 g/mol. The zero-order valence-electron chi connectivity index (χ0n) is 15.5. The summed E-state index contributed by atoms with van der Waals surface area (Å²) in [5.41, 5.74) is 3.39. The first kappa shape index (κ1) is 19.0. The first-order valence-electron chi connectivity index (χ1n) is 8.87. The number of aromatic nitrogens is 3. The molecule has 0 saturated heterocycles.